The smallest absolute Gasteiger partial charge is 0.289 e. The van der Waals surface area contributed by atoms with Gasteiger partial charge in [0.2, 0.25) is 5.76 Å². The number of rotatable bonds is 10. The number of hydrogen-bond acceptors (Lipinski definition) is 5. The van der Waals surface area contributed by atoms with Gasteiger partial charge in [0.15, 0.2) is 6.39 Å². The van der Waals surface area contributed by atoms with E-state index in [1.165, 1.54) is 17.7 Å². The van der Waals surface area contributed by atoms with Crippen LogP contribution in [-0.2, 0) is 19.4 Å². The topological polar surface area (TPSA) is 87.4 Å². The van der Waals surface area contributed by atoms with E-state index in [1.807, 2.05) is 18.2 Å². The van der Waals surface area contributed by atoms with E-state index in [1.54, 1.807) is 6.92 Å². The van der Waals surface area contributed by atoms with Gasteiger partial charge in [0.1, 0.15) is 11.6 Å². The quantitative estimate of drug-likeness (QED) is 0.448. The van der Waals surface area contributed by atoms with Gasteiger partial charge >= 0.3 is 0 Å². The first-order chi connectivity index (χ1) is 15.4. The van der Waals surface area contributed by atoms with Gasteiger partial charge in [0.05, 0.1) is 17.8 Å². The molecule has 1 heterocycles. The second-order valence-corrected chi connectivity index (χ2v) is 7.70. The van der Waals surface area contributed by atoms with Crippen LogP contribution in [0, 0.1) is 18.6 Å². The second kappa shape index (κ2) is 11.0. The molecule has 3 aromatic rings. The van der Waals surface area contributed by atoms with Crippen molar-refractivity contribution in [3.05, 3.63) is 88.6 Å². The second-order valence-electron chi connectivity index (χ2n) is 7.70. The minimum absolute atomic E-state index is 0.0250. The molecule has 0 aliphatic rings. The van der Waals surface area contributed by atoms with E-state index in [0.29, 0.717) is 17.8 Å². The molecule has 8 heteroatoms. The predicted octanol–water partition coefficient (Wildman–Crippen LogP) is 3.32. The highest BCUT2D eigenvalue weighted by molar-refractivity contribution is 5.92. The third-order valence-corrected chi connectivity index (χ3v) is 5.19. The number of aliphatic hydroxyl groups excluding tert-OH is 1. The molecular formula is C24H27F2N3O3. The standard InChI is InChI=1S/C24H27F2N3O3/c1-3-16-5-4-6-17(7-16)12-27-13-22(30)21(10-18-8-19(25)11-20(26)9-18)29-24(31)23-15(2)28-14-32-23/h4-9,11,14,21-22,27,30H,3,10,12-13H2,1-2H3,(H,29,31)/t21-,22+/m0/s1. The monoisotopic (exact) mass is 443 g/mol. The lowest BCUT2D eigenvalue weighted by atomic mass is 10.00. The summed E-state index contributed by atoms with van der Waals surface area (Å²) in [5.74, 6) is -1.98. The van der Waals surface area contributed by atoms with Crippen LogP contribution in [0.1, 0.15) is 39.9 Å². The Bertz CT molecular complexity index is 1030. The predicted molar refractivity (Wildman–Crippen MR) is 116 cm³/mol. The number of carbonyl (C=O) groups is 1. The van der Waals surface area contributed by atoms with Crippen molar-refractivity contribution in [1.82, 2.24) is 15.6 Å². The van der Waals surface area contributed by atoms with Crippen LogP contribution >= 0.6 is 0 Å². The number of oxazole rings is 1. The maximum absolute atomic E-state index is 13.6. The number of aromatic nitrogens is 1. The van der Waals surface area contributed by atoms with Gasteiger partial charge in [-0.1, -0.05) is 31.2 Å². The molecule has 0 spiro atoms. The number of nitrogens with zero attached hydrogens (tertiary/aromatic N) is 1. The molecular weight excluding hydrogens is 416 g/mol. The maximum Gasteiger partial charge on any atom is 0.289 e. The Morgan fingerprint density at radius 1 is 1.12 bits per heavy atom. The number of aryl methyl sites for hydroxylation is 2. The summed E-state index contributed by atoms with van der Waals surface area (Å²) >= 11 is 0. The van der Waals surface area contributed by atoms with E-state index in [9.17, 15) is 18.7 Å². The van der Waals surface area contributed by atoms with Crippen LogP contribution in [0.5, 0.6) is 0 Å². The molecule has 170 valence electrons. The fourth-order valence-corrected chi connectivity index (χ4v) is 3.49. The van der Waals surface area contributed by atoms with Crippen LogP contribution in [0.4, 0.5) is 8.78 Å². The largest absolute Gasteiger partial charge is 0.438 e. The van der Waals surface area contributed by atoms with Crippen molar-refractivity contribution in [3.8, 4) is 0 Å². The molecule has 0 aliphatic carbocycles. The molecule has 3 rings (SSSR count). The minimum atomic E-state index is -1.03. The average Bonchev–Trinajstić information content (AvgIpc) is 3.18. The molecule has 0 unspecified atom stereocenters. The van der Waals surface area contributed by atoms with Gasteiger partial charge in [0.25, 0.3) is 5.91 Å². The Balaban J connectivity index is 1.69. The molecule has 0 radical (unpaired) electrons. The Morgan fingerprint density at radius 3 is 2.50 bits per heavy atom. The lowest BCUT2D eigenvalue weighted by molar-refractivity contribution is 0.0804. The normalized spacial score (nSPS) is 13.0. The third-order valence-electron chi connectivity index (χ3n) is 5.19. The summed E-state index contributed by atoms with van der Waals surface area (Å²) in [6.07, 6.45) is 1.09. The van der Waals surface area contributed by atoms with E-state index in [0.717, 1.165) is 24.4 Å². The maximum atomic E-state index is 13.6. The van der Waals surface area contributed by atoms with Crippen LogP contribution in [0.2, 0.25) is 0 Å². The first-order valence-electron chi connectivity index (χ1n) is 10.5. The third kappa shape index (κ3) is 6.45. The zero-order chi connectivity index (χ0) is 23.1. The molecule has 0 fully saturated rings. The van der Waals surface area contributed by atoms with Crippen LogP contribution in [-0.4, -0.2) is 34.7 Å². The highest BCUT2D eigenvalue weighted by Crippen LogP contribution is 2.14. The summed E-state index contributed by atoms with van der Waals surface area (Å²) in [4.78, 5) is 16.5. The Kier molecular flexibility index (Phi) is 8.08. The number of hydrogen-bond donors (Lipinski definition) is 3. The highest BCUT2D eigenvalue weighted by atomic mass is 19.1. The number of carbonyl (C=O) groups excluding carboxylic acids is 1. The molecule has 1 amide bonds. The van der Waals surface area contributed by atoms with E-state index in [-0.39, 0.29) is 18.7 Å². The van der Waals surface area contributed by atoms with Gasteiger partial charge < -0.3 is 20.2 Å². The van der Waals surface area contributed by atoms with Gasteiger partial charge in [-0.3, -0.25) is 4.79 Å². The lowest BCUT2D eigenvalue weighted by Crippen LogP contribution is -2.48. The number of aliphatic hydroxyl groups is 1. The molecule has 2 aromatic carbocycles. The van der Waals surface area contributed by atoms with Crippen LogP contribution < -0.4 is 10.6 Å². The van der Waals surface area contributed by atoms with Gasteiger partial charge in [0, 0.05) is 19.2 Å². The highest BCUT2D eigenvalue weighted by Gasteiger charge is 2.25. The fraction of sp³-hybridized carbons (Fsp3) is 0.333. The first-order valence-corrected chi connectivity index (χ1v) is 10.5. The molecule has 3 N–H and O–H groups in total. The van der Waals surface area contributed by atoms with Crippen molar-refractivity contribution in [2.75, 3.05) is 6.54 Å². The van der Waals surface area contributed by atoms with Crippen molar-refractivity contribution in [2.24, 2.45) is 0 Å². The fourth-order valence-electron chi connectivity index (χ4n) is 3.49. The average molecular weight is 443 g/mol. The molecule has 32 heavy (non-hydrogen) atoms. The zero-order valence-electron chi connectivity index (χ0n) is 18.1. The molecule has 2 atom stereocenters. The summed E-state index contributed by atoms with van der Waals surface area (Å²) in [5.41, 5.74) is 3.01. The summed E-state index contributed by atoms with van der Waals surface area (Å²) in [6, 6.07) is 10.4. The SMILES string of the molecule is CCc1cccc(CNC[C@@H](O)[C@H](Cc2cc(F)cc(F)c2)NC(=O)c2ocnc2C)c1. The molecule has 1 aromatic heterocycles. The Labute approximate surface area is 185 Å². The molecule has 0 bridgehead atoms. The van der Waals surface area contributed by atoms with Crippen molar-refractivity contribution in [2.45, 2.75) is 45.4 Å². The van der Waals surface area contributed by atoms with E-state index < -0.39 is 29.7 Å². The summed E-state index contributed by atoms with van der Waals surface area (Å²) < 4.78 is 32.4. The van der Waals surface area contributed by atoms with E-state index in [2.05, 4.69) is 28.6 Å². The van der Waals surface area contributed by atoms with Crippen LogP contribution in [0.15, 0.2) is 53.3 Å². The summed E-state index contributed by atoms with van der Waals surface area (Å²) in [6.45, 7) is 4.39. The lowest BCUT2D eigenvalue weighted by Gasteiger charge is -2.24. The molecule has 0 aliphatic heterocycles. The number of amides is 1. The zero-order valence-corrected chi connectivity index (χ0v) is 18.1. The van der Waals surface area contributed by atoms with Crippen molar-refractivity contribution >= 4 is 5.91 Å². The molecule has 6 nitrogen and oxygen atoms in total. The Hall–Kier alpha value is -3.10. The number of nitrogens with one attached hydrogen (secondary N) is 2. The first kappa shape index (κ1) is 23.6. The van der Waals surface area contributed by atoms with Crippen LogP contribution in [0.3, 0.4) is 0 Å². The number of halogens is 2. The molecule has 0 saturated heterocycles. The Morgan fingerprint density at radius 2 is 1.84 bits per heavy atom. The molecule has 0 saturated carbocycles. The van der Waals surface area contributed by atoms with E-state index >= 15 is 0 Å². The summed E-state index contributed by atoms with van der Waals surface area (Å²) in [7, 11) is 0. The van der Waals surface area contributed by atoms with Crippen molar-refractivity contribution in [3.63, 3.8) is 0 Å². The van der Waals surface area contributed by atoms with Gasteiger partial charge in [-0.15, -0.1) is 0 Å². The van der Waals surface area contributed by atoms with Gasteiger partial charge in [-0.05, 0) is 48.6 Å². The number of benzene rings is 2. The van der Waals surface area contributed by atoms with E-state index in [4.69, 9.17) is 4.42 Å². The minimum Gasteiger partial charge on any atom is -0.438 e. The van der Waals surface area contributed by atoms with Crippen LogP contribution in [0.25, 0.3) is 0 Å². The summed E-state index contributed by atoms with van der Waals surface area (Å²) in [5, 5.41) is 16.7. The van der Waals surface area contributed by atoms with Crippen molar-refractivity contribution < 1.29 is 23.1 Å². The van der Waals surface area contributed by atoms with Crippen molar-refractivity contribution in [1.29, 1.82) is 0 Å². The van der Waals surface area contributed by atoms with Gasteiger partial charge in [-0.25, -0.2) is 13.8 Å². The van der Waals surface area contributed by atoms with Gasteiger partial charge in [-0.2, -0.15) is 0 Å².